The van der Waals surface area contributed by atoms with E-state index in [0.29, 0.717) is 6.42 Å². The second kappa shape index (κ2) is 8.11. The third-order valence-corrected chi connectivity index (χ3v) is 1.08. The Balaban J connectivity index is 0. The van der Waals surface area contributed by atoms with Gasteiger partial charge in [-0.05, 0) is 0 Å². The third-order valence-electron chi connectivity index (χ3n) is 0.712. The van der Waals surface area contributed by atoms with Gasteiger partial charge in [-0.25, -0.2) is 0 Å². The summed E-state index contributed by atoms with van der Waals surface area (Å²) >= 11 is 0. The van der Waals surface area contributed by atoms with E-state index in [1.807, 2.05) is 0 Å². The molecule has 0 amide bonds. The summed E-state index contributed by atoms with van der Waals surface area (Å²) in [6.07, 6.45) is 1.83. The van der Waals surface area contributed by atoms with Crippen LogP contribution in [-0.4, -0.2) is 38.0 Å². The van der Waals surface area contributed by atoms with Crippen LogP contribution in [-0.2, 0) is 15.2 Å². The van der Waals surface area contributed by atoms with Crippen LogP contribution >= 0.6 is 0 Å². The third kappa shape index (κ3) is 7.91. The van der Waals surface area contributed by atoms with Crippen molar-refractivity contribution in [3.05, 3.63) is 30.7 Å². The molecule has 0 aromatic rings. The van der Waals surface area contributed by atoms with E-state index in [1.54, 1.807) is 0 Å². The monoisotopic (exact) mass is 184 g/mol. The van der Waals surface area contributed by atoms with Crippen molar-refractivity contribution in [3.8, 4) is 0 Å². The van der Waals surface area contributed by atoms with E-state index in [2.05, 4.69) is 23.1 Å². The Morgan fingerprint density at radius 2 is 2.18 bits per heavy atom. The molecule has 0 saturated carbocycles. The van der Waals surface area contributed by atoms with Crippen molar-refractivity contribution in [2.24, 2.45) is 0 Å². The normalized spacial score (nSPS) is 7.73. The Hall–Kier alpha value is 0.0100. The molecule has 3 nitrogen and oxygen atoms in total. The minimum absolute atomic E-state index is 0. The van der Waals surface area contributed by atoms with Gasteiger partial charge in [-0.2, -0.15) is 8.42 Å². The Morgan fingerprint density at radius 1 is 1.64 bits per heavy atom. The number of hydrogen-bond acceptors (Lipinski definition) is 3. The van der Waals surface area contributed by atoms with Gasteiger partial charge in [0.2, 0.25) is 0 Å². The Labute approximate surface area is 89.9 Å². The first kappa shape index (κ1) is 13.6. The van der Waals surface area contributed by atoms with Gasteiger partial charge >= 0.3 is 29.6 Å². The van der Waals surface area contributed by atoms with Crippen LogP contribution in [0.15, 0.2) is 30.7 Å². The van der Waals surface area contributed by atoms with Crippen molar-refractivity contribution in [2.45, 2.75) is 6.42 Å². The molecule has 0 radical (unpaired) electrons. The van der Waals surface area contributed by atoms with E-state index < -0.39 is 11.0 Å². The van der Waals surface area contributed by atoms with Gasteiger partial charge in [0.1, 0.15) is 0 Å². The zero-order chi connectivity index (χ0) is 7.98. The zero-order valence-electron chi connectivity index (χ0n) is 5.37. The second-order valence-corrected chi connectivity index (χ2v) is 2.04. The Morgan fingerprint density at radius 3 is 2.45 bits per heavy atom. The Kier molecular flexibility index (Phi) is 10.0. The van der Waals surface area contributed by atoms with Gasteiger partial charge in [-0.15, -0.1) is 6.58 Å². The van der Waals surface area contributed by atoms with E-state index in [4.69, 9.17) is 0 Å². The summed E-state index contributed by atoms with van der Waals surface area (Å²) in [6, 6.07) is 0. The molecule has 0 aliphatic carbocycles. The number of allylic oxidation sites excluding steroid dienone is 1. The van der Waals surface area contributed by atoms with Gasteiger partial charge in [0.25, 0.3) is 11.0 Å². The van der Waals surface area contributed by atoms with Crippen LogP contribution in [0.1, 0.15) is 6.42 Å². The molecule has 5 heteroatoms. The molecule has 0 aromatic heterocycles. The van der Waals surface area contributed by atoms with Gasteiger partial charge in [0.05, 0.1) is 0 Å². The van der Waals surface area contributed by atoms with Crippen LogP contribution in [0.4, 0.5) is 0 Å². The van der Waals surface area contributed by atoms with Crippen molar-refractivity contribution >= 4 is 40.5 Å². The molecule has 0 saturated heterocycles. The summed E-state index contributed by atoms with van der Waals surface area (Å²) < 4.78 is 24.1. The van der Waals surface area contributed by atoms with Gasteiger partial charge < -0.3 is 4.18 Å². The minimum atomic E-state index is -2.84. The maximum absolute atomic E-state index is 9.94. The molecule has 58 valence electrons. The zero-order valence-corrected chi connectivity index (χ0v) is 6.27. The van der Waals surface area contributed by atoms with Gasteiger partial charge in [0.15, 0.2) is 5.76 Å². The van der Waals surface area contributed by atoms with Crippen LogP contribution in [0.3, 0.4) is 0 Å². The van der Waals surface area contributed by atoms with Crippen LogP contribution in [0.5, 0.6) is 0 Å². The molecular formula is C6H9NaO3S. The van der Waals surface area contributed by atoms with E-state index >= 15 is 0 Å². The van der Waals surface area contributed by atoms with E-state index in [1.165, 1.54) is 6.08 Å². The molecule has 0 rings (SSSR count). The number of thiol groups is 1. The molecule has 0 aromatic carbocycles. The molecule has 0 aliphatic rings. The molecule has 0 N–H and O–H groups in total. The molecule has 0 aliphatic heterocycles. The van der Waals surface area contributed by atoms with E-state index in [0.717, 1.165) is 0 Å². The average molecular weight is 184 g/mol. The molecular weight excluding hydrogens is 175 g/mol. The molecule has 0 heterocycles. The summed E-state index contributed by atoms with van der Waals surface area (Å²) in [5, 5.41) is 0. The fraction of sp³-hybridized carbons (Fsp3) is 0.167. The fourth-order valence-electron chi connectivity index (χ4n) is 0.363. The number of rotatable bonds is 4. The van der Waals surface area contributed by atoms with Crippen molar-refractivity contribution in [1.82, 2.24) is 0 Å². The average Bonchev–Trinajstić information content (AvgIpc) is 1.86. The topological polar surface area (TPSA) is 43.4 Å². The van der Waals surface area contributed by atoms with Crippen molar-refractivity contribution in [1.29, 1.82) is 0 Å². The second-order valence-electron chi connectivity index (χ2n) is 1.41. The quantitative estimate of drug-likeness (QED) is 0.222. The fourth-order valence-corrected chi connectivity index (χ4v) is 0.682. The van der Waals surface area contributed by atoms with E-state index in [9.17, 15) is 8.42 Å². The molecule has 0 bridgehead atoms. The van der Waals surface area contributed by atoms with Gasteiger partial charge in [-0.1, -0.05) is 18.4 Å². The van der Waals surface area contributed by atoms with Crippen molar-refractivity contribution < 1.29 is 12.6 Å². The first-order valence-corrected chi connectivity index (χ1v) is 3.62. The summed E-state index contributed by atoms with van der Waals surface area (Å²) in [4.78, 5) is 0. The van der Waals surface area contributed by atoms with Crippen molar-refractivity contribution in [2.75, 3.05) is 0 Å². The predicted octanol–water partition coefficient (Wildman–Crippen LogP) is 0.126. The molecule has 0 atom stereocenters. The van der Waals surface area contributed by atoms with Crippen molar-refractivity contribution in [3.63, 3.8) is 0 Å². The molecule has 0 fully saturated rings. The standard InChI is InChI=1S/C6H8O3S.Na.H/c1-3-5-6(4-2)9-10(7)8;;/h3,10H,1-2,5H2;;. The predicted molar refractivity (Wildman–Crippen MR) is 46.0 cm³/mol. The Bertz CT molecular complexity index is 230. The number of hydrogen-bond donors (Lipinski definition) is 1. The maximum atomic E-state index is 9.94. The SMILES string of the molecule is C=C=C(CC=C)O[SH](=O)=O.[NaH]. The summed E-state index contributed by atoms with van der Waals surface area (Å²) in [6.45, 7) is 6.62. The first-order chi connectivity index (χ1) is 4.70. The van der Waals surface area contributed by atoms with Crippen LogP contribution < -0.4 is 0 Å². The summed E-state index contributed by atoms with van der Waals surface area (Å²) in [5.41, 5.74) is 2.32. The summed E-state index contributed by atoms with van der Waals surface area (Å²) in [7, 11) is -2.84. The van der Waals surface area contributed by atoms with Crippen LogP contribution in [0.25, 0.3) is 0 Å². The summed E-state index contributed by atoms with van der Waals surface area (Å²) in [5.74, 6) is 0.172. The molecule has 0 unspecified atom stereocenters. The molecule has 0 spiro atoms. The molecule has 11 heavy (non-hydrogen) atoms. The van der Waals surface area contributed by atoms with Crippen LogP contribution in [0.2, 0.25) is 0 Å². The first-order valence-electron chi connectivity index (χ1n) is 2.53. The van der Waals surface area contributed by atoms with E-state index in [-0.39, 0.29) is 35.3 Å². The van der Waals surface area contributed by atoms with Gasteiger partial charge in [-0.3, -0.25) is 0 Å². The van der Waals surface area contributed by atoms with Crippen LogP contribution in [0, 0.1) is 0 Å². The van der Waals surface area contributed by atoms with Gasteiger partial charge in [0, 0.05) is 6.42 Å².